The zero-order valence-electron chi connectivity index (χ0n) is 14.0. The van der Waals surface area contributed by atoms with Crippen molar-refractivity contribution in [1.29, 1.82) is 0 Å². The maximum absolute atomic E-state index is 12.3. The number of likely N-dealkylation sites (tertiary alicyclic amines) is 1. The molecule has 7 heteroatoms. The van der Waals surface area contributed by atoms with E-state index in [0.29, 0.717) is 0 Å². The van der Waals surface area contributed by atoms with Crippen LogP contribution in [0.1, 0.15) is 48.0 Å². The van der Waals surface area contributed by atoms with Crippen LogP contribution >= 0.6 is 0 Å². The predicted molar refractivity (Wildman–Crippen MR) is 78.3 cm³/mol. The molecule has 0 aromatic rings. The fourth-order valence-electron chi connectivity index (χ4n) is 2.23. The molecule has 0 unspecified atom stereocenters. The van der Waals surface area contributed by atoms with Crippen LogP contribution in [0.3, 0.4) is 0 Å². The number of carbonyl (C=O) groups is 3. The molecular formula is C15H25NO6. The van der Waals surface area contributed by atoms with Gasteiger partial charge in [0.25, 0.3) is 0 Å². The molecule has 1 aliphatic rings. The fourth-order valence-corrected chi connectivity index (χ4v) is 2.23. The highest BCUT2D eigenvalue weighted by atomic mass is 16.6. The first-order valence-corrected chi connectivity index (χ1v) is 7.27. The number of carbonyl (C=O) groups excluding carboxylic acids is 2. The summed E-state index contributed by atoms with van der Waals surface area (Å²) in [4.78, 5) is 37.0. The van der Waals surface area contributed by atoms with E-state index < -0.39 is 41.2 Å². The Morgan fingerprint density at radius 3 is 1.91 bits per heavy atom. The third kappa shape index (κ3) is 4.89. The summed E-state index contributed by atoms with van der Waals surface area (Å²) in [6.07, 6.45) is -0.509. The quantitative estimate of drug-likeness (QED) is 0.784. The summed E-state index contributed by atoms with van der Waals surface area (Å²) in [5, 5.41) is 9.28. The van der Waals surface area contributed by atoms with Crippen molar-refractivity contribution < 1.29 is 29.0 Å². The molecule has 0 saturated carbocycles. The minimum Gasteiger partial charge on any atom is -0.481 e. The Kier molecular flexibility index (Phi) is 5.10. The average Bonchev–Trinajstić information content (AvgIpc) is 2.68. The van der Waals surface area contributed by atoms with Gasteiger partial charge in [-0.2, -0.15) is 0 Å². The average molecular weight is 315 g/mol. The number of amides is 1. The number of hydrogen-bond acceptors (Lipinski definition) is 5. The van der Waals surface area contributed by atoms with Crippen LogP contribution < -0.4 is 0 Å². The van der Waals surface area contributed by atoms with Gasteiger partial charge in [-0.15, -0.1) is 0 Å². The number of ether oxygens (including phenoxy) is 2. The number of nitrogens with zero attached hydrogens (tertiary/aromatic N) is 1. The Morgan fingerprint density at radius 2 is 1.50 bits per heavy atom. The van der Waals surface area contributed by atoms with E-state index >= 15 is 0 Å². The lowest BCUT2D eigenvalue weighted by molar-refractivity contribution is -0.165. The SMILES string of the molecule is CC(C)(C)OC(=O)[C@@H]1[C@H](C(=O)O)CCN1C(=O)OC(C)(C)C. The van der Waals surface area contributed by atoms with Gasteiger partial charge in [0.05, 0.1) is 5.92 Å². The van der Waals surface area contributed by atoms with E-state index in [0.717, 1.165) is 4.90 Å². The van der Waals surface area contributed by atoms with Crippen molar-refractivity contribution in [2.75, 3.05) is 6.54 Å². The van der Waals surface area contributed by atoms with Crippen LogP contribution in [0.2, 0.25) is 0 Å². The molecule has 0 aromatic heterocycles. The van der Waals surface area contributed by atoms with Gasteiger partial charge in [-0.05, 0) is 48.0 Å². The Bertz CT molecular complexity index is 460. The lowest BCUT2D eigenvalue weighted by atomic mass is 10.0. The molecule has 1 aliphatic heterocycles. The van der Waals surface area contributed by atoms with Crippen molar-refractivity contribution in [2.45, 2.75) is 65.2 Å². The zero-order chi connectivity index (χ0) is 17.3. The van der Waals surface area contributed by atoms with Crippen molar-refractivity contribution >= 4 is 18.0 Å². The first kappa shape index (κ1) is 18.3. The maximum Gasteiger partial charge on any atom is 0.411 e. The number of carboxylic acids is 1. The van der Waals surface area contributed by atoms with Crippen LogP contribution in [-0.2, 0) is 19.1 Å². The normalized spacial score (nSPS) is 22.4. The number of rotatable bonds is 2. The molecule has 1 amide bonds. The molecule has 1 heterocycles. The Labute approximate surface area is 130 Å². The van der Waals surface area contributed by atoms with Crippen LogP contribution in [0.15, 0.2) is 0 Å². The highest BCUT2D eigenvalue weighted by molar-refractivity contribution is 5.88. The number of hydrogen-bond donors (Lipinski definition) is 1. The molecule has 0 spiro atoms. The zero-order valence-corrected chi connectivity index (χ0v) is 14.0. The third-order valence-electron chi connectivity index (χ3n) is 2.99. The summed E-state index contributed by atoms with van der Waals surface area (Å²) >= 11 is 0. The van der Waals surface area contributed by atoms with Gasteiger partial charge in [-0.25, -0.2) is 9.59 Å². The molecule has 1 fully saturated rings. The van der Waals surface area contributed by atoms with Gasteiger partial charge >= 0.3 is 18.0 Å². The van der Waals surface area contributed by atoms with Crippen LogP contribution in [0.25, 0.3) is 0 Å². The minimum absolute atomic E-state index is 0.149. The molecule has 126 valence electrons. The van der Waals surface area contributed by atoms with Crippen molar-refractivity contribution in [1.82, 2.24) is 4.90 Å². The van der Waals surface area contributed by atoms with Gasteiger partial charge in [0.2, 0.25) is 0 Å². The van der Waals surface area contributed by atoms with Gasteiger partial charge < -0.3 is 14.6 Å². The van der Waals surface area contributed by atoms with Crippen LogP contribution in [0.4, 0.5) is 4.79 Å². The van der Waals surface area contributed by atoms with Gasteiger partial charge in [0.15, 0.2) is 0 Å². The second-order valence-corrected chi connectivity index (χ2v) is 7.39. The van der Waals surface area contributed by atoms with Crippen molar-refractivity contribution in [3.8, 4) is 0 Å². The first-order valence-electron chi connectivity index (χ1n) is 7.27. The third-order valence-corrected chi connectivity index (χ3v) is 2.99. The van der Waals surface area contributed by atoms with Crippen LogP contribution in [-0.4, -0.2) is 51.8 Å². The summed E-state index contributed by atoms with van der Waals surface area (Å²) in [5.41, 5.74) is -1.49. The van der Waals surface area contributed by atoms with E-state index in [1.807, 2.05) is 0 Å². The fraction of sp³-hybridized carbons (Fsp3) is 0.800. The number of aliphatic carboxylic acids is 1. The molecule has 1 N–H and O–H groups in total. The van der Waals surface area contributed by atoms with E-state index in [-0.39, 0.29) is 13.0 Å². The van der Waals surface area contributed by atoms with E-state index in [1.54, 1.807) is 41.5 Å². The van der Waals surface area contributed by atoms with Crippen LogP contribution in [0.5, 0.6) is 0 Å². The molecular weight excluding hydrogens is 290 g/mol. The van der Waals surface area contributed by atoms with Crippen molar-refractivity contribution in [3.05, 3.63) is 0 Å². The summed E-state index contributed by atoms with van der Waals surface area (Å²) in [7, 11) is 0. The highest BCUT2D eigenvalue weighted by Crippen LogP contribution is 2.29. The lowest BCUT2D eigenvalue weighted by Gasteiger charge is -2.30. The predicted octanol–water partition coefficient (Wildman–Crippen LogP) is 2.04. The van der Waals surface area contributed by atoms with Crippen molar-refractivity contribution in [2.24, 2.45) is 5.92 Å². The van der Waals surface area contributed by atoms with Crippen molar-refractivity contribution in [3.63, 3.8) is 0 Å². The molecule has 0 aromatic carbocycles. The minimum atomic E-state index is -1.16. The van der Waals surface area contributed by atoms with Gasteiger partial charge in [0, 0.05) is 6.54 Å². The molecule has 0 bridgehead atoms. The lowest BCUT2D eigenvalue weighted by Crippen LogP contribution is -2.49. The second-order valence-electron chi connectivity index (χ2n) is 7.39. The Balaban J connectivity index is 2.99. The molecule has 0 radical (unpaired) electrons. The van der Waals surface area contributed by atoms with Crippen LogP contribution in [0, 0.1) is 5.92 Å². The van der Waals surface area contributed by atoms with E-state index in [9.17, 15) is 19.5 Å². The molecule has 22 heavy (non-hydrogen) atoms. The summed E-state index contributed by atoms with van der Waals surface area (Å²) in [6.45, 7) is 10.3. The maximum atomic E-state index is 12.3. The first-order chi connectivity index (χ1) is 9.82. The Hall–Kier alpha value is -1.79. The summed E-state index contributed by atoms with van der Waals surface area (Å²) in [6, 6.07) is -1.16. The summed E-state index contributed by atoms with van der Waals surface area (Å²) < 4.78 is 10.5. The van der Waals surface area contributed by atoms with E-state index in [1.165, 1.54) is 0 Å². The largest absolute Gasteiger partial charge is 0.481 e. The van der Waals surface area contributed by atoms with Gasteiger partial charge in [0.1, 0.15) is 17.2 Å². The topological polar surface area (TPSA) is 93.1 Å². The van der Waals surface area contributed by atoms with Gasteiger partial charge in [-0.3, -0.25) is 9.69 Å². The molecule has 1 rings (SSSR count). The second kappa shape index (κ2) is 6.14. The monoisotopic (exact) mass is 315 g/mol. The summed E-state index contributed by atoms with van der Waals surface area (Å²) in [5.74, 6) is -2.83. The molecule has 7 nitrogen and oxygen atoms in total. The van der Waals surface area contributed by atoms with Gasteiger partial charge in [-0.1, -0.05) is 0 Å². The smallest absolute Gasteiger partial charge is 0.411 e. The number of esters is 1. The standard InChI is InChI=1S/C15H25NO6/c1-14(2,3)21-12(19)10-9(11(17)18)7-8-16(10)13(20)22-15(4,5)6/h9-10H,7-8H2,1-6H3,(H,17,18)/t9-,10+/m1/s1. The molecule has 2 atom stereocenters. The van der Waals surface area contributed by atoms with E-state index in [4.69, 9.17) is 9.47 Å². The molecule has 1 saturated heterocycles. The molecule has 0 aliphatic carbocycles. The van der Waals surface area contributed by atoms with E-state index in [2.05, 4.69) is 0 Å². The Morgan fingerprint density at radius 1 is 1.00 bits per heavy atom. The highest BCUT2D eigenvalue weighted by Gasteiger charge is 2.48. The number of carboxylic acid groups (broad SMARTS) is 1.